The van der Waals surface area contributed by atoms with Crippen molar-refractivity contribution in [1.29, 1.82) is 0 Å². The van der Waals surface area contributed by atoms with Crippen molar-refractivity contribution in [1.82, 2.24) is 0 Å². The summed E-state index contributed by atoms with van der Waals surface area (Å²) in [6.07, 6.45) is 4.08. The highest BCUT2D eigenvalue weighted by Gasteiger charge is 1.96. The molecule has 0 fully saturated rings. The van der Waals surface area contributed by atoms with Crippen LogP contribution in [0.25, 0.3) is 0 Å². The summed E-state index contributed by atoms with van der Waals surface area (Å²) in [5, 5.41) is 0. The average Bonchev–Trinajstić information content (AvgIpc) is 1.64. The van der Waals surface area contributed by atoms with Crippen LogP contribution in [-0.4, -0.2) is 5.71 Å². The minimum absolute atomic E-state index is 0.675. The zero-order chi connectivity index (χ0) is 5.98. The summed E-state index contributed by atoms with van der Waals surface area (Å²) in [7, 11) is 0. The van der Waals surface area contributed by atoms with Crippen LogP contribution in [0.3, 0.4) is 0 Å². The lowest BCUT2D eigenvalue weighted by molar-refractivity contribution is 1.00. The topological polar surface area (TPSA) is 38.4 Å². The molecule has 0 radical (unpaired) electrons. The van der Waals surface area contributed by atoms with Gasteiger partial charge >= 0.3 is 0 Å². The third-order valence-corrected chi connectivity index (χ3v) is 1.18. The Morgan fingerprint density at radius 1 is 1.75 bits per heavy atom. The van der Waals surface area contributed by atoms with Gasteiger partial charge in [-0.2, -0.15) is 0 Å². The van der Waals surface area contributed by atoms with Crippen molar-refractivity contribution >= 4 is 5.71 Å². The number of allylic oxidation sites excluding steroid dienone is 1. The highest BCUT2D eigenvalue weighted by atomic mass is 14.9. The Balaban J connectivity index is 2.69. The van der Waals surface area contributed by atoms with Gasteiger partial charge in [0.1, 0.15) is 5.82 Å². The maximum atomic E-state index is 5.40. The molecule has 0 spiro atoms. The first-order valence-corrected chi connectivity index (χ1v) is 2.79. The molecule has 0 aromatic carbocycles. The summed E-state index contributed by atoms with van der Waals surface area (Å²) in [5.74, 6) is 0.675. The predicted octanol–water partition coefficient (Wildman–Crippen LogP) is 1.04. The highest BCUT2D eigenvalue weighted by molar-refractivity contribution is 5.83. The molecule has 0 bridgehead atoms. The van der Waals surface area contributed by atoms with Crippen molar-refractivity contribution < 1.29 is 0 Å². The van der Waals surface area contributed by atoms with Gasteiger partial charge in [0.2, 0.25) is 0 Å². The van der Waals surface area contributed by atoms with Gasteiger partial charge in [0.25, 0.3) is 0 Å². The first-order chi connectivity index (χ1) is 3.79. The number of aliphatic imine (C=N–C) groups is 1. The lowest BCUT2D eigenvalue weighted by Crippen LogP contribution is -2.03. The van der Waals surface area contributed by atoms with E-state index in [1.54, 1.807) is 0 Å². The Bertz CT molecular complexity index is 145. The Morgan fingerprint density at radius 3 is 2.88 bits per heavy atom. The van der Waals surface area contributed by atoms with E-state index >= 15 is 0 Å². The fourth-order valence-electron chi connectivity index (χ4n) is 0.751. The van der Waals surface area contributed by atoms with E-state index in [4.69, 9.17) is 5.73 Å². The van der Waals surface area contributed by atoms with Gasteiger partial charge in [-0.05, 0) is 25.8 Å². The SMILES string of the molecule is CC1=NC(N)=CCC1. The second kappa shape index (κ2) is 1.99. The van der Waals surface area contributed by atoms with Crippen molar-refractivity contribution in [3.05, 3.63) is 11.9 Å². The second-order valence-electron chi connectivity index (χ2n) is 2.01. The van der Waals surface area contributed by atoms with E-state index < -0.39 is 0 Å². The van der Waals surface area contributed by atoms with E-state index in [-0.39, 0.29) is 0 Å². The van der Waals surface area contributed by atoms with E-state index in [2.05, 4.69) is 4.99 Å². The molecular weight excluding hydrogens is 100 g/mol. The van der Waals surface area contributed by atoms with Crippen molar-refractivity contribution in [2.24, 2.45) is 10.7 Å². The molecule has 0 saturated carbocycles. The Labute approximate surface area is 49.1 Å². The number of hydrogen-bond donors (Lipinski definition) is 1. The van der Waals surface area contributed by atoms with E-state index in [0.29, 0.717) is 5.82 Å². The van der Waals surface area contributed by atoms with Gasteiger partial charge in [-0.1, -0.05) is 0 Å². The molecule has 0 saturated heterocycles. The molecule has 1 rings (SSSR count). The van der Waals surface area contributed by atoms with Gasteiger partial charge in [0.15, 0.2) is 0 Å². The van der Waals surface area contributed by atoms with E-state index in [0.717, 1.165) is 18.6 Å². The second-order valence-corrected chi connectivity index (χ2v) is 2.01. The lowest BCUT2D eigenvalue weighted by Gasteiger charge is -2.03. The molecule has 0 aliphatic carbocycles. The largest absolute Gasteiger partial charge is 0.384 e. The average molecular weight is 110 g/mol. The highest BCUT2D eigenvalue weighted by Crippen LogP contribution is 2.04. The molecule has 8 heavy (non-hydrogen) atoms. The minimum atomic E-state index is 0.675. The lowest BCUT2D eigenvalue weighted by atomic mass is 10.2. The van der Waals surface area contributed by atoms with Crippen LogP contribution in [0.4, 0.5) is 0 Å². The van der Waals surface area contributed by atoms with Crippen molar-refractivity contribution in [3.63, 3.8) is 0 Å². The van der Waals surface area contributed by atoms with Crippen LogP contribution in [0.15, 0.2) is 16.9 Å². The Hall–Kier alpha value is -0.790. The fourth-order valence-corrected chi connectivity index (χ4v) is 0.751. The summed E-state index contributed by atoms with van der Waals surface area (Å²) in [5.41, 5.74) is 6.54. The quantitative estimate of drug-likeness (QED) is 0.497. The minimum Gasteiger partial charge on any atom is -0.384 e. The monoisotopic (exact) mass is 110 g/mol. The smallest absolute Gasteiger partial charge is 0.119 e. The summed E-state index contributed by atoms with van der Waals surface area (Å²) in [4.78, 5) is 4.04. The molecule has 0 amide bonds. The predicted molar refractivity (Wildman–Crippen MR) is 34.6 cm³/mol. The summed E-state index contributed by atoms with van der Waals surface area (Å²) < 4.78 is 0. The fraction of sp³-hybridized carbons (Fsp3) is 0.500. The van der Waals surface area contributed by atoms with Crippen LogP contribution in [0, 0.1) is 0 Å². The summed E-state index contributed by atoms with van der Waals surface area (Å²) in [6, 6.07) is 0. The molecule has 1 aliphatic rings. The normalized spacial score (nSPS) is 19.6. The zero-order valence-electron chi connectivity index (χ0n) is 5.02. The summed E-state index contributed by atoms with van der Waals surface area (Å²) in [6.45, 7) is 2.00. The van der Waals surface area contributed by atoms with Gasteiger partial charge in [0, 0.05) is 5.71 Å². The maximum absolute atomic E-state index is 5.40. The summed E-state index contributed by atoms with van der Waals surface area (Å²) >= 11 is 0. The van der Waals surface area contributed by atoms with Gasteiger partial charge < -0.3 is 5.73 Å². The van der Waals surface area contributed by atoms with Crippen LogP contribution in [0.1, 0.15) is 19.8 Å². The first kappa shape index (κ1) is 5.35. The molecule has 1 heterocycles. The molecule has 0 aromatic heterocycles. The number of nitrogens with zero attached hydrogens (tertiary/aromatic N) is 1. The van der Waals surface area contributed by atoms with Crippen LogP contribution in [0.5, 0.6) is 0 Å². The van der Waals surface area contributed by atoms with Gasteiger partial charge in [-0.15, -0.1) is 0 Å². The van der Waals surface area contributed by atoms with Crippen LogP contribution in [-0.2, 0) is 0 Å². The molecular formula is C6H10N2. The van der Waals surface area contributed by atoms with Gasteiger partial charge in [0.05, 0.1) is 0 Å². The Kier molecular flexibility index (Phi) is 1.33. The van der Waals surface area contributed by atoms with Gasteiger partial charge in [-0.3, -0.25) is 0 Å². The van der Waals surface area contributed by atoms with Crippen molar-refractivity contribution in [2.45, 2.75) is 19.8 Å². The van der Waals surface area contributed by atoms with E-state index in [1.807, 2.05) is 13.0 Å². The molecule has 0 atom stereocenters. The zero-order valence-corrected chi connectivity index (χ0v) is 5.02. The van der Waals surface area contributed by atoms with E-state index in [9.17, 15) is 0 Å². The molecule has 2 N–H and O–H groups in total. The third kappa shape index (κ3) is 1.09. The van der Waals surface area contributed by atoms with Crippen LogP contribution in [0.2, 0.25) is 0 Å². The molecule has 2 nitrogen and oxygen atoms in total. The molecule has 0 unspecified atom stereocenters. The van der Waals surface area contributed by atoms with Crippen LogP contribution < -0.4 is 5.73 Å². The Morgan fingerprint density at radius 2 is 2.50 bits per heavy atom. The standard InChI is InChI=1S/C6H10N2/c1-5-3-2-4-6(7)8-5/h4H,2-3,7H2,1H3. The molecule has 44 valence electrons. The van der Waals surface area contributed by atoms with Crippen molar-refractivity contribution in [2.75, 3.05) is 0 Å². The first-order valence-electron chi connectivity index (χ1n) is 2.79. The number of rotatable bonds is 0. The maximum Gasteiger partial charge on any atom is 0.119 e. The molecule has 0 aromatic rings. The molecule has 2 heteroatoms. The van der Waals surface area contributed by atoms with Crippen LogP contribution >= 0.6 is 0 Å². The van der Waals surface area contributed by atoms with E-state index in [1.165, 1.54) is 0 Å². The third-order valence-electron chi connectivity index (χ3n) is 1.18. The number of nitrogens with two attached hydrogens (primary N) is 1. The number of hydrogen-bond acceptors (Lipinski definition) is 2. The molecule has 1 aliphatic heterocycles. The van der Waals surface area contributed by atoms with Crippen molar-refractivity contribution in [3.8, 4) is 0 Å². The van der Waals surface area contributed by atoms with Gasteiger partial charge in [-0.25, -0.2) is 4.99 Å².